The van der Waals surface area contributed by atoms with E-state index in [4.69, 9.17) is 4.74 Å². The minimum Gasteiger partial charge on any atom is -0.493 e. The number of carbonyl (C=O) groups excluding carboxylic acids is 1. The molecule has 0 radical (unpaired) electrons. The first-order valence-electron chi connectivity index (χ1n) is 8.23. The Kier molecular flexibility index (Phi) is 4.58. The Hall–Kier alpha value is -2.86. The summed E-state index contributed by atoms with van der Waals surface area (Å²) in [5.74, 6) is 0.734. The SMILES string of the molecule is O=C(/C=C/c1ccc2c(c1)CCO2)Nc1cc(Br)ccc1-n1cccn1. The van der Waals surface area contributed by atoms with Crippen LogP contribution in [0.5, 0.6) is 5.75 Å². The molecule has 0 saturated heterocycles. The lowest BCUT2D eigenvalue weighted by Crippen LogP contribution is -2.11. The molecule has 4 rings (SSSR count). The number of fused-ring (bicyclic) bond motifs is 1. The number of halogens is 1. The number of ether oxygens (including phenoxy) is 1. The summed E-state index contributed by atoms with van der Waals surface area (Å²) in [5.41, 5.74) is 3.64. The highest BCUT2D eigenvalue weighted by molar-refractivity contribution is 9.10. The zero-order valence-electron chi connectivity index (χ0n) is 13.9. The molecule has 0 saturated carbocycles. The summed E-state index contributed by atoms with van der Waals surface area (Å²) in [6.07, 6.45) is 7.78. The molecule has 0 spiro atoms. The van der Waals surface area contributed by atoms with Crippen LogP contribution in [0.1, 0.15) is 11.1 Å². The van der Waals surface area contributed by atoms with Crippen molar-refractivity contribution in [1.82, 2.24) is 9.78 Å². The molecule has 0 fully saturated rings. The predicted molar refractivity (Wildman–Crippen MR) is 105 cm³/mol. The Balaban J connectivity index is 1.52. The van der Waals surface area contributed by atoms with Gasteiger partial charge in [-0.3, -0.25) is 4.79 Å². The van der Waals surface area contributed by atoms with Crippen molar-refractivity contribution in [2.45, 2.75) is 6.42 Å². The van der Waals surface area contributed by atoms with Crippen LogP contribution in [-0.4, -0.2) is 22.3 Å². The lowest BCUT2D eigenvalue weighted by molar-refractivity contribution is -0.111. The molecule has 0 atom stereocenters. The molecule has 0 aliphatic carbocycles. The van der Waals surface area contributed by atoms with Crippen molar-refractivity contribution >= 4 is 33.6 Å². The molecule has 2 aromatic carbocycles. The van der Waals surface area contributed by atoms with Crippen LogP contribution in [0.3, 0.4) is 0 Å². The first kappa shape index (κ1) is 16.6. The Bertz CT molecular complexity index is 981. The van der Waals surface area contributed by atoms with Crippen molar-refractivity contribution in [2.24, 2.45) is 0 Å². The smallest absolute Gasteiger partial charge is 0.248 e. The van der Waals surface area contributed by atoms with E-state index in [0.29, 0.717) is 5.69 Å². The van der Waals surface area contributed by atoms with Crippen LogP contribution in [0.2, 0.25) is 0 Å². The lowest BCUT2D eigenvalue weighted by Gasteiger charge is -2.10. The molecule has 5 nitrogen and oxygen atoms in total. The monoisotopic (exact) mass is 409 g/mol. The van der Waals surface area contributed by atoms with Gasteiger partial charge in [0.25, 0.3) is 0 Å². The quantitative estimate of drug-likeness (QED) is 0.656. The molecular weight excluding hydrogens is 394 g/mol. The van der Waals surface area contributed by atoms with E-state index in [1.54, 1.807) is 17.0 Å². The summed E-state index contributed by atoms with van der Waals surface area (Å²) in [4.78, 5) is 12.4. The Labute approximate surface area is 159 Å². The standard InChI is InChI=1S/C20H16BrN3O2/c21-16-4-5-18(24-10-1-9-22-24)17(13-16)23-20(25)7-3-14-2-6-19-15(12-14)8-11-26-19/h1-7,9-10,12-13H,8,11H2,(H,23,25)/b7-3+. The van der Waals surface area contributed by atoms with Gasteiger partial charge in [0.15, 0.2) is 0 Å². The molecule has 1 N–H and O–H groups in total. The van der Waals surface area contributed by atoms with Gasteiger partial charge in [-0.05, 0) is 53.6 Å². The van der Waals surface area contributed by atoms with Crippen molar-refractivity contribution in [3.8, 4) is 11.4 Å². The van der Waals surface area contributed by atoms with Crippen LogP contribution in [0.25, 0.3) is 11.8 Å². The highest BCUT2D eigenvalue weighted by Crippen LogP contribution is 2.27. The predicted octanol–water partition coefficient (Wildman–Crippen LogP) is 4.22. The Morgan fingerprint density at radius 2 is 2.19 bits per heavy atom. The van der Waals surface area contributed by atoms with E-state index in [-0.39, 0.29) is 5.91 Å². The number of carbonyl (C=O) groups is 1. The van der Waals surface area contributed by atoms with Crippen LogP contribution in [0.15, 0.2) is 65.4 Å². The third-order valence-electron chi connectivity index (χ3n) is 4.11. The third-order valence-corrected chi connectivity index (χ3v) is 4.60. The van der Waals surface area contributed by atoms with Gasteiger partial charge in [-0.2, -0.15) is 5.10 Å². The number of hydrogen-bond acceptors (Lipinski definition) is 3. The highest BCUT2D eigenvalue weighted by atomic mass is 79.9. The van der Waals surface area contributed by atoms with Crippen molar-refractivity contribution in [3.05, 3.63) is 76.5 Å². The van der Waals surface area contributed by atoms with Gasteiger partial charge in [0.1, 0.15) is 5.75 Å². The molecule has 2 heterocycles. The van der Waals surface area contributed by atoms with E-state index in [9.17, 15) is 4.79 Å². The van der Waals surface area contributed by atoms with Crippen LogP contribution in [0, 0.1) is 0 Å². The van der Waals surface area contributed by atoms with Crippen molar-refractivity contribution in [1.29, 1.82) is 0 Å². The molecule has 6 heteroatoms. The molecule has 3 aromatic rings. The van der Waals surface area contributed by atoms with Gasteiger partial charge < -0.3 is 10.1 Å². The first-order chi connectivity index (χ1) is 12.7. The van der Waals surface area contributed by atoms with Gasteiger partial charge in [0, 0.05) is 29.4 Å². The van der Waals surface area contributed by atoms with Gasteiger partial charge >= 0.3 is 0 Å². The van der Waals surface area contributed by atoms with Crippen molar-refractivity contribution in [2.75, 3.05) is 11.9 Å². The fourth-order valence-corrected chi connectivity index (χ4v) is 3.24. The normalized spacial score (nSPS) is 12.8. The minimum atomic E-state index is -0.201. The molecule has 0 unspecified atom stereocenters. The van der Waals surface area contributed by atoms with Crippen molar-refractivity contribution < 1.29 is 9.53 Å². The number of anilines is 1. The van der Waals surface area contributed by atoms with E-state index in [0.717, 1.165) is 34.5 Å². The maximum Gasteiger partial charge on any atom is 0.248 e. The summed E-state index contributed by atoms with van der Waals surface area (Å²) in [6, 6.07) is 13.5. The molecule has 1 aliphatic heterocycles. The molecule has 0 bridgehead atoms. The number of aromatic nitrogens is 2. The number of benzene rings is 2. The maximum atomic E-state index is 12.4. The zero-order valence-corrected chi connectivity index (χ0v) is 15.4. The number of nitrogens with zero attached hydrogens (tertiary/aromatic N) is 2. The third kappa shape index (κ3) is 3.55. The second-order valence-corrected chi connectivity index (χ2v) is 6.82. The molecular formula is C20H16BrN3O2. The van der Waals surface area contributed by atoms with E-state index in [2.05, 4.69) is 32.4 Å². The minimum absolute atomic E-state index is 0.201. The summed E-state index contributed by atoms with van der Waals surface area (Å²) < 4.78 is 8.10. The second-order valence-electron chi connectivity index (χ2n) is 5.90. The number of hydrogen-bond donors (Lipinski definition) is 1. The molecule has 1 aliphatic rings. The zero-order chi connectivity index (χ0) is 17.9. The summed E-state index contributed by atoms with van der Waals surface area (Å²) in [6.45, 7) is 0.724. The highest BCUT2D eigenvalue weighted by Gasteiger charge is 2.11. The Morgan fingerprint density at radius 3 is 3.04 bits per heavy atom. The molecule has 1 amide bonds. The van der Waals surface area contributed by atoms with Crippen LogP contribution in [0.4, 0.5) is 5.69 Å². The van der Waals surface area contributed by atoms with Crippen LogP contribution in [-0.2, 0) is 11.2 Å². The Morgan fingerprint density at radius 1 is 1.27 bits per heavy atom. The van der Waals surface area contributed by atoms with Gasteiger partial charge in [-0.15, -0.1) is 0 Å². The average molecular weight is 410 g/mol. The second kappa shape index (κ2) is 7.17. The van der Waals surface area contributed by atoms with Crippen LogP contribution < -0.4 is 10.1 Å². The maximum absolute atomic E-state index is 12.4. The van der Waals surface area contributed by atoms with Crippen LogP contribution >= 0.6 is 15.9 Å². The lowest BCUT2D eigenvalue weighted by atomic mass is 10.1. The molecule has 130 valence electrons. The average Bonchev–Trinajstić information content (AvgIpc) is 3.31. The van der Waals surface area contributed by atoms with Gasteiger partial charge in [-0.25, -0.2) is 4.68 Å². The fraction of sp³-hybridized carbons (Fsp3) is 0.100. The van der Waals surface area contributed by atoms with E-state index < -0.39 is 0 Å². The first-order valence-corrected chi connectivity index (χ1v) is 9.03. The van der Waals surface area contributed by atoms with E-state index in [1.807, 2.05) is 42.6 Å². The summed E-state index contributed by atoms with van der Waals surface area (Å²) in [5, 5.41) is 7.15. The van der Waals surface area contributed by atoms with Crippen molar-refractivity contribution in [3.63, 3.8) is 0 Å². The van der Waals surface area contributed by atoms with Gasteiger partial charge in [0.2, 0.25) is 5.91 Å². The summed E-state index contributed by atoms with van der Waals surface area (Å²) >= 11 is 3.44. The van der Waals surface area contributed by atoms with Gasteiger partial charge in [0.05, 0.1) is 18.0 Å². The largest absolute Gasteiger partial charge is 0.493 e. The number of amides is 1. The fourth-order valence-electron chi connectivity index (χ4n) is 2.88. The van der Waals surface area contributed by atoms with Gasteiger partial charge in [-0.1, -0.05) is 22.0 Å². The van der Waals surface area contributed by atoms with E-state index >= 15 is 0 Å². The molecule has 26 heavy (non-hydrogen) atoms. The summed E-state index contributed by atoms with van der Waals surface area (Å²) in [7, 11) is 0. The van der Waals surface area contributed by atoms with E-state index in [1.165, 1.54) is 11.6 Å². The number of nitrogens with one attached hydrogen (secondary N) is 1. The topological polar surface area (TPSA) is 56.1 Å². The number of rotatable bonds is 4. The molecule has 1 aromatic heterocycles.